The zero-order valence-electron chi connectivity index (χ0n) is 17.0. The van der Waals surface area contributed by atoms with Crippen molar-refractivity contribution in [3.05, 3.63) is 24.2 Å². The molecule has 6 heteroatoms. The summed E-state index contributed by atoms with van der Waals surface area (Å²) in [6.07, 6.45) is 5.64. The van der Waals surface area contributed by atoms with Crippen LogP contribution in [0.25, 0.3) is 0 Å². The highest BCUT2D eigenvalue weighted by Gasteiger charge is 2.76. The first kappa shape index (κ1) is 18.6. The molecule has 1 spiro atoms. The fourth-order valence-corrected chi connectivity index (χ4v) is 7.03. The van der Waals surface area contributed by atoms with E-state index in [0.717, 1.165) is 24.8 Å². The molecule has 2 aliphatic heterocycles. The first-order chi connectivity index (χ1) is 13.2. The summed E-state index contributed by atoms with van der Waals surface area (Å²) in [5.41, 5.74) is 0.0456. The Balaban J connectivity index is 1.59. The van der Waals surface area contributed by atoms with Crippen molar-refractivity contribution in [2.24, 2.45) is 22.7 Å². The normalized spacial score (nSPS) is 52.2. The maximum atomic E-state index is 11.9. The molecule has 1 aromatic heterocycles. The average molecular weight is 390 g/mol. The van der Waals surface area contributed by atoms with Gasteiger partial charge in [-0.05, 0) is 44.6 Å². The lowest BCUT2D eigenvalue weighted by Crippen LogP contribution is -2.64. The van der Waals surface area contributed by atoms with E-state index in [4.69, 9.17) is 18.6 Å². The first-order valence-corrected chi connectivity index (χ1v) is 10.4. The summed E-state index contributed by atoms with van der Waals surface area (Å²) >= 11 is 0. The molecular weight excluding hydrogens is 360 g/mol. The molecule has 0 radical (unpaired) electrons. The van der Waals surface area contributed by atoms with E-state index < -0.39 is 11.7 Å². The smallest absolute Gasteiger partial charge is 0.302 e. The first-order valence-electron chi connectivity index (χ1n) is 10.4. The lowest BCUT2D eigenvalue weighted by atomic mass is 9.43. The van der Waals surface area contributed by atoms with Gasteiger partial charge in [0.2, 0.25) is 0 Å². The molecule has 0 amide bonds. The van der Waals surface area contributed by atoms with Gasteiger partial charge in [-0.25, -0.2) is 0 Å². The highest BCUT2D eigenvalue weighted by atomic mass is 16.6. The van der Waals surface area contributed by atoms with Gasteiger partial charge in [0.25, 0.3) is 0 Å². The number of epoxide rings is 1. The van der Waals surface area contributed by atoms with Crippen molar-refractivity contribution in [3.63, 3.8) is 0 Å². The molecule has 4 fully saturated rings. The molecule has 9 atom stereocenters. The molecule has 6 nitrogen and oxygen atoms in total. The SMILES string of the molecule is CC(=O)O[C@@H]1C[C@]2(C)[C@H](CC[C@H]3O[C@]32C)[C@@]2(C[C@@H](c3ccoc3)O[C@@H]2O)[C@@H]1C. The van der Waals surface area contributed by atoms with Crippen LogP contribution in [0.3, 0.4) is 0 Å². The van der Waals surface area contributed by atoms with Crippen LogP contribution in [0.5, 0.6) is 0 Å². The Morgan fingerprint density at radius 1 is 1.29 bits per heavy atom. The standard InChI is InChI=1S/C22H30O6/c1-12-15(26-13(2)23)9-20(3)17(5-6-18-21(20,4)28-18)22(12)10-16(27-19(22)24)14-7-8-25-11-14/h7-8,11-12,15-19,24H,5-6,9-10H2,1-4H3/t12-,15-,16+,17+,18-,19+,20-,21-,22-/m1/s1. The summed E-state index contributed by atoms with van der Waals surface area (Å²) in [7, 11) is 0. The maximum Gasteiger partial charge on any atom is 0.302 e. The molecule has 28 heavy (non-hydrogen) atoms. The third-order valence-electron chi connectivity index (χ3n) is 8.77. The fraction of sp³-hybridized carbons (Fsp3) is 0.773. The van der Waals surface area contributed by atoms with E-state index >= 15 is 0 Å². The number of rotatable bonds is 2. The van der Waals surface area contributed by atoms with Crippen molar-refractivity contribution in [2.45, 2.75) is 83.6 Å². The van der Waals surface area contributed by atoms with Crippen molar-refractivity contribution in [3.8, 4) is 0 Å². The Kier molecular flexibility index (Phi) is 3.88. The van der Waals surface area contributed by atoms with Gasteiger partial charge in [-0.15, -0.1) is 0 Å². The molecule has 5 rings (SSSR count). The highest BCUT2D eigenvalue weighted by molar-refractivity contribution is 5.66. The quantitative estimate of drug-likeness (QED) is 0.614. The second-order valence-corrected chi connectivity index (χ2v) is 9.75. The molecular formula is C22H30O6. The number of esters is 1. The minimum Gasteiger partial charge on any atom is -0.472 e. The summed E-state index contributed by atoms with van der Waals surface area (Å²) in [5, 5.41) is 11.3. The van der Waals surface area contributed by atoms with Gasteiger partial charge in [0.15, 0.2) is 6.29 Å². The number of carbonyl (C=O) groups is 1. The van der Waals surface area contributed by atoms with Gasteiger partial charge in [0, 0.05) is 29.2 Å². The fourth-order valence-electron chi connectivity index (χ4n) is 7.03. The van der Waals surface area contributed by atoms with Gasteiger partial charge in [-0.2, -0.15) is 0 Å². The van der Waals surface area contributed by atoms with Gasteiger partial charge in [-0.3, -0.25) is 4.79 Å². The van der Waals surface area contributed by atoms with E-state index in [1.807, 2.05) is 6.07 Å². The topological polar surface area (TPSA) is 81.4 Å². The predicted molar refractivity (Wildman–Crippen MR) is 99.0 cm³/mol. The van der Waals surface area contributed by atoms with Crippen LogP contribution in [0, 0.1) is 22.7 Å². The Morgan fingerprint density at radius 3 is 2.75 bits per heavy atom. The van der Waals surface area contributed by atoms with E-state index in [0.29, 0.717) is 6.42 Å². The van der Waals surface area contributed by atoms with Crippen LogP contribution in [-0.2, 0) is 19.0 Å². The number of ether oxygens (including phenoxy) is 3. The average Bonchev–Trinajstić information content (AvgIpc) is 2.98. The van der Waals surface area contributed by atoms with Gasteiger partial charge in [0.05, 0.1) is 30.3 Å². The van der Waals surface area contributed by atoms with Gasteiger partial charge in [-0.1, -0.05) is 13.8 Å². The largest absolute Gasteiger partial charge is 0.472 e. The van der Waals surface area contributed by atoms with Crippen LogP contribution >= 0.6 is 0 Å². The molecule has 2 aliphatic carbocycles. The number of furan rings is 1. The second-order valence-electron chi connectivity index (χ2n) is 9.75. The van der Waals surface area contributed by atoms with Crippen LogP contribution in [0.15, 0.2) is 23.0 Å². The van der Waals surface area contributed by atoms with E-state index in [9.17, 15) is 9.90 Å². The summed E-state index contributed by atoms with van der Waals surface area (Å²) < 4.78 is 23.4. The molecule has 2 saturated carbocycles. The number of aliphatic hydroxyl groups is 1. The Labute approximate surface area is 165 Å². The summed E-state index contributed by atoms with van der Waals surface area (Å²) in [5.74, 6) is -0.0548. The van der Waals surface area contributed by atoms with E-state index in [-0.39, 0.29) is 47.1 Å². The highest BCUT2D eigenvalue weighted by Crippen LogP contribution is 2.73. The molecule has 1 N–H and O–H groups in total. The van der Waals surface area contributed by atoms with Crippen LogP contribution in [-0.4, -0.2) is 35.2 Å². The number of fused-ring (bicyclic) bond motifs is 4. The number of carbonyl (C=O) groups excluding carboxylic acids is 1. The second kappa shape index (κ2) is 5.83. The van der Waals surface area contributed by atoms with Crippen LogP contribution in [0.1, 0.15) is 65.0 Å². The monoisotopic (exact) mass is 390 g/mol. The third kappa shape index (κ3) is 2.22. The van der Waals surface area contributed by atoms with Gasteiger partial charge >= 0.3 is 5.97 Å². The number of hydrogen-bond acceptors (Lipinski definition) is 6. The van der Waals surface area contributed by atoms with Crippen LogP contribution in [0.2, 0.25) is 0 Å². The zero-order valence-corrected chi connectivity index (χ0v) is 17.0. The van der Waals surface area contributed by atoms with Crippen molar-refractivity contribution in [1.82, 2.24) is 0 Å². The van der Waals surface area contributed by atoms with Crippen LogP contribution < -0.4 is 0 Å². The molecule has 1 aromatic rings. The molecule has 154 valence electrons. The Hall–Kier alpha value is -1.37. The lowest BCUT2D eigenvalue weighted by molar-refractivity contribution is -0.238. The number of aliphatic hydroxyl groups excluding tert-OH is 1. The van der Waals surface area contributed by atoms with E-state index in [1.165, 1.54) is 6.92 Å². The molecule has 0 unspecified atom stereocenters. The molecule has 2 saturated heterocycles. The third-order valence-corrected chi connectivity index (χ3v) is 8.77. The van der Waals surface area contributed by atoms with E-state index in [2.05, 4.69) is 20.8 Å². The summed E-state index contributed by atoms with van der Waals surface area (Å²) in [6.45, 7) is 8.02. The minimum atomic E-state index is -0.913. The van der Waals surface area contributed by atoms with Crippen molar-refractivity contribution >= 4 is 5.97 Å². The summed E-state index contributed by atoms with van der Waals surface area (Å²) in [4.78, 5) is 11.9. The molecule has 0 bridgehead atoms. The van der Waals surface area contributed by atoms with Crippen molar-refractivity contribution in [1.29, 1.82) is 0 Å². The summed E-state index contributed by atoms with van der Waals surface area (Å²) in [6, 6.07) is 1.90. The number of hydrogen-bond donors (Lipinski definition) is 1. The predicted octanol–water partition coefficient (Wildman–Crippen LogP) is 3.59. The van der Waals surface area contributed by atoms with Crippen molar-refractivity contribution < 1.29 is 28.5 Å². The zero-order chi connectivity index (χ0) is 19.9. The van der Waals surface area contributed by atoms with Crippen molar-refractivity contribution in [2.75, 3.05) is 0 Å². The molecule has 4 aliphatic rings. The lowest BCUT2D eigenvalue weighted by Gasteiger charge is -2.61. The van der Waals surface area contributed by atoms with E-state index in [1.54, 1.807) is 12.5 Å². The maximum absolute atomic E-state index is 11.9. The molecule has 0 aromatic carbocycles. The molecule has 3 heterocycles. The minimum absolute atomic E-state index is 0.0136. The van der Waals surface area contributed by atoms with Crippen LogP contribution in [0.4, 0.5) is 0 Å². The Bertz CT molecular complexity index is 776. The Morgan fingerprint density at radius 2 is 2.07 bits per heavy atom. The van der Waals surface area contributed by atoms with Gasteiger partial charge in [0.1, 0.15) is 6.10 Å². The van der Waals surface area contributed by atoms with Gasteiger partial charge < -0.3 is 23.7 Å².